The molecule has 0 rings (SSSR count). The summed E-state index contributed by atoms with van der Waals surface area (Å²) in [4.78, 5) is 30.2. The van der Waals surface area contributed by atoms with Crippen molar-refractivity contribution >= 4 is 18.5 Å². The summed E-state index contributed by atoms with van der Waals surface area (Å²) in [6.07, 6.45) is -5.96. The average Bonchev–Trinajstić information content (AvgIpc) is 2.12. The molecule has 3 N–H and O–H groups in total. The van der Waals surface area contributed by atoms with Gasteiger partial charge in [-0.1, -0.05) is 0 Å². The first kappa shape index (κ1) is 13.8. The Morgan fingerprint density at radius 3 is 1.94 bits per heavy atom. The lowest BCUT2D eigenvalue weighted by Crippen LogP contribution is -2.26. The number of hydrogen-bond acceptors (Lipinski definition) is 6. The molecule has 92 valence electrons. The van der Waals surface area contributed by atoms with Gasteiger partial charge in [-0.15, -0.1) is 0 Å². The van der Waals surface area contributed by atoms with Gasteiger partial charge in [0, 0.05) is 6.42 Å². The molecule has 0 aromatic carbocycles. The number of ether oxygens (including phenoxy) is 3. The zero-order valence-corrected chi connectivity index (χ0v) is 7.99. The van der Waals surface area contributed by atoms with Gasteiger partial charge in [-0.3, -0.25) is 0 Å². The Morgan fingerprint density at radius 1 is 0.938 bits per heavy atom. The zero-order valence-electron chi connectivity index (χ0n) is 7.99. The van der Waals surface area contributed by atoms with Gasteiger partial charge < -0.3 is 29.5 Å². The van der Waals surface area contributed by atoms with Gasteiger partial charge in [0.05, 0.1) is 6.61 Å². The monoisotopic (exact) mass is 238 g/mol. The average molecular weight is 238 g/mol. The molecule has 0 fully saturated rings. The van der Waals surface area contributed by atoms with E-state index in [9.17, 15) is 14.4 Å². The van der Waals surface area contributed by atoms with Crippen molar-refractivity contribution in [1.29, 1.82) is 0 Å². The van der Waals surface area contributed by atoms with E-state index in [2.05, 4.69) is 14.2 Å². The molecule has 1 atom stereocenters. The predicted molar refractivity (Wildman–Crippen MR) is 45.5 cm³/mol. The van der Waals surface area contributed by atoms with Crippen molar-refractivity contribution in [1.82, 2.24) is 0 Å². The molecule has 1 unspecified atom stereocenters. The van der Waals surface area contributed by atoms with E-state index in [1.54, 1.807) is 0 Å². The fraction of sp³-hybridized carbons (Fsp3) is 0.571. The van der Waals surface area contributed by atoms with E-state index in [0.29, 0.717) is 0 Å². The van der Waals surface area contributed by atoms with Crippen LogP contribution in [-0.4, -0.2) is 53.1 Å². The van der Waals surface area contributed by atoms with E-state index < -0.39 is 31.2 Å². The molecule has 0 amide bonds. The molecule has 0 radical (unpaired) electrons. The fourth-order valence-electron chi connectivity index (χ4n) is 0.761. The van der Waals surface area contributed by atoms with Crippen LogP contribution in [0, 0.1) is 0 Å². The van der Waals surface area contributed by atoms with Crippen LogP contribution < -0.4 is 0 Å². The maximum atomic E-state index is 10.2. The van der Waals surface area contributed by atoms with E-state index in [-0.39, 0.29) is 13.0 Å². The second-order valence-corrected chi connectivity index (χ2v) is 2.49. The molecule has 0 aromatic rings. The van der Waals surface area contributed by atoms with Crippen LogP contribution in [0.5, 0.6) is 0 Å². The summed E-state index contributed by atoms with van der Waals surface area (Å²) in [6.45, 7) is -0.846. The molecule has 16 heavy (non-hydrogen) atoms. The third-order valence-corrected chi connectivity index (χ3v) is 1.33. The van der Waals surface area contributed by atoms with Gasteiger partial charge in [0.2, 0.25) is 0 Å². The summed E-state index contributed by atoms with van der Waals surface area (Å²) >= 11 is 0. The van der Waals surface area contributed by atoms with Crippen molar-refractivity contribution in [3.63, 3.8) is 0 Å². The van der Waals surface area contributed by atoms with Gasteiger partial charge >= 0.3 is 18.5 Å². The van der Waals surface area contributed by atoms with E-state index in [4.69, 9.17) is 15.3 Å². The minimum absolute atomic E-state index is 0.133. The topological polar surface area (TPSA) is 140 Å². The van der Waals surface area contributed by atoms with Crippen molar-refractivity contribution in [2.75, 3.05) is 13.2 Å². The Kier molecular flexibility index (Phi) is 6.17. The van der Waals surface area contributed by atoms with Gasteiger partial charge in [-0.05, 0) is 0 Å². The lowest BCUT2D eigenvalue weighted by Gasteiger charge is -2.14. The molecule has 9 heteroatoms. The highest BCUT2D eigenvalue weighted by Gasteiger charge is 2.16. The third-order valence-electron chi connectivity index (χ3n) is 1.33. The van der Waals surface area contributed by atoms with Crippen LogP contribution in [0.3, 0.4) is 0 Å². The van der Waals surface area contributed by atoms with Gasteiger partial charge in [0.1, 0.15) is 12.7 Å². The van der Waals surface area contributed by atoms with Gasteiger partial charge in [0.15, 0.2) is 0 Å². The van der Waals surface area contributed by atoms with Crippen LogP contribution in [0.2, 0.25) is 0 Å². The highest BCUT2D eigenvalue weighted by molar-refractivity contribution is 5.58. The minimum atomic E-state index is -1.62. The van der Waals surface area contributed by atoms with Crippen LogP contribution >= 0.6 is 0 Å². The highest BCUT2D eigenvalue weighted by Crippen LogP contribution is 2.01. The summed E-state index contributed by atoms with van der Waals surface area (Å²) in [5, 5.41) is 24.6. The lowest BCUT2D eigenvalue weighted by atomic mass is 10.3. The molecule has 0 heterocycles. The smallest absolute Gasteiger partial charge is 0.450 e. The summed E-state index contributed by atoms with van der Waals surface area (Å²) < 4.78 is 12.4. The molecule has 0 aliphatic rings. The number of rotatable bonds is 6. The third kappa shape index (κ3) is 8.41. The Bertz CT molecular complexity index is 261. The highest BCUT2D eigenvalue weighted by atomic mass is 16.7. The quantitative estimate of drug-likeness (QED) is 0.453. The van der Waals surface area contributed by atoms with Gasteiger partial charge in [0.25, 0.3) is 0 Å². The predicted octanol–water partition coefficient (Wildman–Crippen LogP) is 0.829. The van der Waals surface area contributed by atoms with Crippen molar-refractivity contribution in [3.05, 3.63) is 0 Å². The van der Waals surface area contributed by atoms with Crippen LogP contribution in [0.25, 0.3) is 0 Å². The van der Waals surface area contributed by atoms with Gasteiger partial charge in [-0.2, -0.15) is 0 Å². The summed E-state index contributed by atoms with van der Waals surface area (Å²) in [5.41, 5.74) is 0. The molecule has 0 bridgehead atoms. The SMILES string of the molecule is O=C(O)OCCC(COC(=O)O)OC(=O)O. The molecule has 0 aliphatic carbocycles. The Hall–Kier alpha value is -2.19. The summed E-state index contributed by atoms with van der Waals surface area (Å²) in [6, 6.07) is 0. The molecule has 0 spiro atoms. The lowest BCUT2D eigenvalue weighted by molar-refractivity contribution is -0.00746. The van der Waals surface area contributed by atoms with Crippen LogP contribution in [-0.2, 0) is 14.2 Å². The second-order valence-electron chi connectivity index (χ2n) is 2.49. The first-order valence-corrected chi connectivity index (χ1v) is 4.03. The molecule has 0 saturated carbocycles. The summed E-state index contributed by atoms with van der Waals surface area (Å²) in [7, 11) is 0. The Labute approximate surface area is 89.1 Å². The molecule has 9 nitrogen and oxygen atoms in total. The molecular formula is C7H10O9. The maximum absolute atomic E-state index is 10.2. The fourth-order valence-corrected chi connectivity index (χ4v) is 0.761. The molecule has 0 aliphatic heterocycles. The van der Waals surface area contributed by atoms with Crippen molar-refractivity contribution in [2.24, 2.45) is 0 Å². The van der Waals surface area contributed by atoms with Crippen LogP contribution in [0.4, 0.5) is 14.4 Å². The van der Waals surface area contributed by atoms with Crippen LogP contribution in [0.1, 0.15) is 6.42 Å². The first-order chi connectivity index (χ1) is 7.41. The number of carboxylic acid groups (broad SMARTS) is 3. The van der Waals surface area contributed by atoms with Gasteiger partial charge in [-0.25, -0.2) is 14.4 Å². The standard InChI is InChI=1S/C7H10O9/c8-5(9)14-2-1-4(16-7(12)13)3-15-6(10)11/h4H,1-3H2,(H,8,9)(H,10,11)(H,12,13). The Morgan fingerprint density at radius 2 is 1.50 bits per heavy atom. The second kappa shape index (κ2) is 7.15. The normalized spacial score (nSPS) is 11.2. The largest absolute Gasteiger partial charge is 0.506 e. The first-order valence-electron chi connectivity index (χ1n) is 4.03. The van der Waals surface area contributed by atoms with E-state index in [0.717, 1.165) is 0 Å². The molecule has 0 saturated heterocycles. The van der Waals surface area contributed by atoms with E-state index in [1.807, 2.05) is 0 Å². The zero-order chi connectivity index (χ0) is 12.6. The molecule has 0 aromatic heterocycles. The van der Waals surface area contributed by atoms with E-state index in [1.165, 1.54) is 0 Å². The van der Waals surface area contributed by atoms with Crippen molar-refractivity contribution < 1.29 is 43.9 Å². The maximum Gasteiger partial charge on any atom is 0.506 e. The number of carbonyl (C=O) groups is 3. The Balaban J connectivity index is 3.94. The minimum Gasteiger partial charge on any atom is -0.450 e. The summed E-state index contributed by atoms with van der Waals surface area (Å²) in [5.74, 6) is 0. The van der Waals surface area contributed by atoms with Crippen molar-refractivity contribution in [2.45, 2.75) is 12.5 Å². The van der Waals surface area contributed by atoms with E-state index >= 15 is 0 Å². The van der Waals surface area contributed by atoms with Crippen LogP contribution in [0.15, 0.2) is 0 Å². The van der Waals surface area contributed by atoms with Crippen molar-refractivity contribution in [3.8, 4) is 0 Å². The number of hydrogen-bond donors (Lipinski definition) is 3. The molecular weight excluding hydrogens is 228 g/mol.